The van der Waals surface area contributed by atoms with Crippen LogP contribution in [0.2, 0.25) is 5.02 Å². The van der Waals surface area contributed by atoms with Gasteiger partial charge >= 0.3 is 0 Å². The highest BCUT2D eigenvalue weighted by atomic mass is 35.5. The van der Waals surface area contributed by atoms with E-state index in [1.165, 1.54) is 42.3 Å². The van der Waals surface area contributed by atoms with E-state index in [-0.39, 0.29) is 35.4 Å². The van der Waals surface area contributed by atoms with E-state index in [4.69, 9.17) is 11.6 Å². The first-order valence-corrected chi connectivity index (χ1v) is 15.1. The number of rotatable bonds is 11. The Morgan fingerprint density at radius 3 is 2.25 bits per heavy atom. The molecule has 40 heavy (non-hydrogen) atoms. The normalized spacial score (nSPS) is 14.7. The van der Waals surface area contributed by atoms with Crippen molar-refractivity contribution in [2.24, 2.45) is 0 Å². The molecule has 0 aromatic heterocycles. The van der Waals surface area contributed by atoms with Crippen LogP contribution in [-0.4, -0.2) is 55.1 Å². The molecule has 1 fully saturated rings. The molecule has 4 rings (SSSR count). The number of nitrogens with one attached hydrogen (secondary N) is 1. The number of benzene rings is 3. The Morgan fingerprint density at radius 2 is 1.60 bits per heavy atom. The first-order chi connectivity index (χ1) is 19.1. The summed E-state index contributed by atoms with van der Waals surface area (Å²) in [6.45, 7) is -0.739. The highest BCUT2D eigenvalue weighted by Crippen LogP contribution is 2.22. The molecule has 3 aromatic carbocycles. The van der Waals surface area contributed by atoms with Gasteiger partial charge < -0.3 is 10.2 Å². The van der Waals surface area contributed by atoms with Gasteiger partial charge in [0.05, 0.1) is 11.4 Å². The van der Waals surface area contributed by atoms with E-state index in [0.717, 1.165) is 35.6 Å². The van der Waals surface area contributed by atoms with Crippen LogP contribution in [0.5, 0.6) is 0 Å². The summed E-state index contributed by atoms with van der Waals surface area (Å²) in [5.74, 6) is -1.48. The number of nitrogens with zero attached hydrogens (tertiary/aromatic N) is 2. The molecule has 3 aromatic rings. The van der Waals surface area contributed by atoms with Gasteiger partial charge in [0.15, 0.2) is 0 Å². The summed E-state index contributed by atoms with van der Waals surface area (Å²) in [4.78, 5) is 28.9. The van der Waals surface area contributed by atoms with Crippen LogP contribution in [0.15, 0.2) is 83.8 Å². The minimum Gasteiger partial charge on any atom is -0.352 e. The molecule has 1 saturated carbocycles. The van der Waals surface area contributed by atoms with Crippen molar-refractivity contribution in [3.05, 3.63) is 101 Å². The average molecular weight is 586 g/mol. The maximum absolute atomic E-state index is 14.8. The van der Waals surface area contributed by atoms with Crippen LogP contribution in [0, 0.1) is 5.82 Å². The summed E-state index contributed by atoms with van der Waals surface area (Å²) in [6, 6.07) is 20.0. The van der Waals surface area contributed by atoms with Gasteiger partial charge in [0.1, 0.15) is 11.9 Å². The lowest BCUT2D eigenvalue weighted by atomic mass is 10.0. The second-order valence-corrected chi connectivity index (χ2v) is 12.5. The Morgan fingerprint density at radius 1 is 0.975 bits per heavy atom. The monoisotopic (exact) mass is 585 g/mol. The first-order valence-electron chi connectivity index (χ1n) is 13.2. The molecule has 1 atom stereocenters. The van der Waals surface area contributed by atoms with Crippen LogP contribution in [0.25, 0.3) is 0 Å². The second-order valence-electron chi connectivity index (χ2n) is 10.0. The lowest BCUT2D eigenvalue weighted by molar-refractivity contribution is -0.141. The molecular formula is C30H33ClFN3O4S. The number of hydrogen-bond acceptors (Lipinski definition) is 4. The third-order valence-corrected chi connectivity index (χ3v) is 9.22. The van der Waals surface area contributed by atoms with Gasteiger partial charge in [-0.25, -0.2) is 12.8 Å². The lowest BCUT2D eigenvalue weighted by Crippen LogP contribution is -2.54. The summed E-state index contributed by atoms with van der Waals surface area (Å²) in [5, 5.41) is 3.46. The minimum absolute atomic E-state index is 0.00384. The van der Waals surface area contributed by atoms with Crippen molar-refractivity contribution >= 4 is 33.4 Å². The molecule has 10 heteroatoms. The fourth-order valence-electron chi connectivity index (χ4n) is 4.88. The zero-order chi connectivity index (χ0) is 28.7. The molecule has 0 bridgehead atoms. The summed E-state index contributed by atoms with van der Waals surface area (Å²) < 4.78 is 42.1. The van der Waals surface area contributed by atoms with E-state index in [2.05, 4.69) is 5.32 Å². The van der Waals surface area contributed by atoms with Crippen LogP contribution in [0.3, 0.4) is 0 Å². The number of hydrogen-bond donors (Lipinski definition) is 1. The van der Waals surface area contributed by atoms with Gasteiger partial charge in [-0.2, -0.15) is 4.31 Å². The molecule has 0 unspecified atom stereocenters. The molecule has 0 aliphatic heterocycles. The maximum Gasteiger partial charge on any atom is 0.243 e. The van der Waals surface area contributed by atoms with Crippen LogP contribution < -0.4 is 5.32 Å². The predicted molar refractivity (Wildman–Crippen MR) is 153 cm³/mol. The van der Waals surface area contributed by atoms with E-state index in [9.17, 15) is 22.4 Å². The highest BCUT2D eigenvalue weighted by Gasteiger charge is 2.34. The van der Waals surface area contributed by atoms with Gasteiger partial charge in [0, 0.05) is 36.6 Å². The lowest BCUT2D eigenvalue weighted by Gasteiger charge is -2.33. The van der Waals surface area contributed by atoms with E-state index in [0.29, 0.717) is 5.02 Å². The van der Waals surface area contributed by atoms with E-state index >= 15 is 0 Å². The van der Waals surface area contributed by atoms with Crippen molar-refractivity contribution in [3.8, 4) is 0 Å². The van der Waals surface area contributed by atoms with Crippen LogP contribution in [0.1, 0.15) is 36.8 Å². The first kappa shape index (κ1) is 29.7. The van der Waals surface area contributed by atoms with Crippen LogP contribution in [0.4, 0.5) is 4.39 Å². The van der Waals surface area contributed by atoms with Gasteiger partial charge in [-0.05, 0) is 48.7 Å². The number of amides is 2. The molecule has 2 amide bonds. The van der Waals surface area contributed by atoms with Gasteiger partial charge in [-0.1, -0.05) is 73.0 Å². The van der Waals surface area contributed by atoms with Gasteiger partial charge in [-0.3, -0.25) is 9.59 Å². The molecule has 0 saturated heterocycles. The van der Waals surface area contributed by atoms with Crippen molar-refractivity contribution in [2.45, 2.75) is 55.6 Å². The van der Waals surface area contributed by atoms with E-state index in [1.807, 2.05) is 30.3 Å². The Hall–Kier alpha value is -3.27. The number of likely N-dealkylation sites (N-methyl/N-ethyl adjacent to an activating group) is 1. The smallest absolute Gasteiger partial charge is 0.243 e. The minimum atomic E-state index is -4.04. The highest BCUT2D eigenvalue weighted by molar-refractivity contribution is 7.89. The number of carbonyl (C=O) groups is 2. The fourth-order valence-corrected chi connectivity index (χ4v) is 6.13. The third-order valence-electron chi connectivity index (χ3n) is 7.15. The molecule has 1 aliphatic carbocycles. The molecular weight excluding hydrogens is 553 g/mol. The molecule has 0 heterocycles. The van der Waals surface area contributed by atoms with Gasteiger partial charge in [0.25, 0.3) is 0 Å². The molecule has 7 nitrogen and oxygen atoms in total. The average Bonchev–Trinajstić information content (AvgIpc) is 3.45. The molecule has 1 aliphatic rings. The van der Waals surface area contributed by atoms with Crippen molar-refractivity contribution in [1.82, 2.24) is 14.5 Å². The van der Waals surface area contributed by atoms with Crippen LogP contribution >= 0.6 is 11.6 Å². The molecule has 1 N–H and O–H groups in total. The number of halogens is 2. The summed E-state index contributed by atoms with van der Waals surface area (Å²) in [5.41, 5.74) is 1.05. The SMILES string of the molecule is CN(CC(=O)N(Cc1ccccc1F)[C@H](Cc1ccccc1)C(=O)NC1CCCC1)S(=O)(=O)c1ccc(Cl)cc1. The molecule has 0 radical (unpaired) electrons. The fraction of sp³-hybridized carbons (Fsp3) is 0.333. The van der Waals surface area contributed by atoms with E-state index < -0.39 is 34.3 Å². The largest absolute Gasteiger partial charge is 0.352 e. The van der Waals surface area contributed by atoms with Gasteiger partial charge in [0.2, 0.25) is 21.8 Å². The topological polar surface area (TPSA) is 86.8 Å². The maximum atomic E-state index is 14.8. The number of carbonyl (C=O) groups excluding carboxylic acids is 2. The zero-order valence-electron chi connectivity index (χ0n) is 22.3. The summed E-state index contributed by atoms with van der Waals surface area (Å²) in [6.07, 6.45) is 3.92. The van der Waals surface area contributed by atoms with Crippen LogP contribution in [-0.2, 0) is 32.6 Å². The van der Waals surface area contributed by atoms with E-state index in [1.54, 1.807) is 18.2 Å². The van der Waals surface area contributed by atoms with Gasteiger partial charge in [-0.15, -0.1) is 0 Å². The molecule has 0 spiro atoms. The zero-order valence-corrected chi connectivity index (χ0v) is 23.9. The quantitative estimate of drug-likeness (QED) is 0.350. The third kappa shape index (κ3) is 7.47. The van der Waals surface area contributed by atoms with Crippen molar-refractivity contribution in [1.29, 1.82) is 0 Å². The Labute approximate surface area is 240 Å². The Balaban J connectivity index is 1.66. The Kier molecular flexibility index (Phi) is 9.95. The van der Waals surface area contributed by atoms with Crippen molar-refractivity contribution in [3.63, 3.8) is 0 Å². The summed E-state index contributed by atoms with van der Waals surface area (Å²) >= 11 is 5.91. The number of sulfonamides is 1. The second kappa shape index (κ2) is 13.4. The van der Waals surface area contributed by atoms with Crippen molar-refractivity contribution < 1.29 is 22.4 Å². The standard InChI is InChI=1S/C30H33ClFN3O4S/c1-34(40(38,39)26-17-15-24(31)16-18-26)21-29(36)35(20-23-11-5-8-14-27(23)32)28(19-22-9-3-2-4-10-22)30(37)33-25-12-6-7-13-25/h2-5,8-11,14-18,25,28H,6-7,12-13,19-21H2,1H3,(H,33,37)/t28-/m1/s1. The summed E-state index contributed by atoms with van der Waals surface area (Å²) in [7, 11) is -2.74. The predicted octanol–water partition coefficient (Wildman–Crippen LogP) is 4.80. The Bertz CT molecular complexity index is 1410. The molecule has 212 valence electrons. The van der Waals surface area contributed by atoms with Crippen molar-refractivity contribution in [2.75, 3.05) is 13.6 Å².